The van der Waals surface area contributed by atoms with Crippen molar-refractivity contribution in [3.8, 4) is 0 Å². The molecule has 3 nitrogen and oxygen atoms in total. The predicted octanol–water partition coefficient (Wildman–Crippen LogP) is 4.42. The molecule has 1 N–H and O–H groups in total. The maximum absolute atomic E-state index is 12.9. The average molecular weight is 350 g/mol. The minimum absolute atomic E-state index is 0.209. The van der Waals surface area contributed by atoms with E-state index in [1.807, 2.05) is 6.92 Å². The van der Waals surface area contributed by atoms with E-state index in [-0.39, 0.29) is 12.5 Å². The van der Waals surface area contributed by atoms with Crippen molar-refractivity contribution in [2.24, 2.45) is 0 Å². The highest BCUT2D eigenvalue weighted by Crippen LogP contribution is 2.32. The number of carbonyl (C=O) groups is 1. The summed E-state index contributed by atoms with van der Waals surface area (Å²) in [6.45, 7) is 7.39. The molecule has 0 aliphatic rings. The first-order valence-corrected chi connectivity index (χ1v) is 7.91. The third kappa shape index (κ3) is 4.59. The Morgan fingerprint density at radius 1 is 1.08 bits per heavy atom. The Bertz CT molecular complexity index is 782. The fourth-order valence-corrected chi connectivity index (χ4v) is 2.54. The molecule has 2 aromatic rings. The molecule has 0 bridgehead atoms. The summed E-state index contributed by atoms with van der Waals surface area (Å²) in [7, 11) is 0. The van der Waals surface area contributed by atoms with Crippen LogP contribution in [0.1, 0.15) is 46.7 Å². The first-order chi connectivity index (χ1) is 11.5. The van der Waals surface area contributed by atoms with E-state index >= 15 is 0 Å². The Morgan fingerprint density at radius 2 is 1.72 bits per heavy atom. The molecule has 134 valence electrons. The molecule has 25 heavy (non-hydrogen) atoms. The Morgan fingerprint density at radius 3 is 2.32 bits per heavy atom. The highest BCUT2D eigenvalue weighted by atomic mass is 19.4. The van der Waals surface area contributed by atoms with Crippen LogP contribution in [0.4, 0.5) is 13.2 Å². The lowest BCUT2D eigenvalue weighted by Gasteiger charge is -2.26. The number of hydrogen-bond donors (Lipinski definition) is 1. The lowest BCUT2D eigenvalue weighted by Crippen LogP contribution is -2.37. The normalized spacial score (nSPS) is 12.1. The minimum Gasteiger partial charge on any atom is -0.351 e. The van der Waals surface area contributed by atoms with Crippen molar-refractivity contribution in [1.29, 1.82) is 0 Å². The Balaban J connectivity index is 2.15. The second-order valence-electron chi connectivity index (χ2n) is 6.73. The number of hydrogen-bond acceptors (Lipinski definition) is 2. The molecule has 1 amide bonds. The number of aryl methyl sites for hydroxylation is 2. The number of aromatic nitrogens is 1. The van der Waals surface area contributed by atoms with Crippen LogP contribution in [0, 0.1) is 13.8 Å². The molecule has 2 rings (SSSR count). The van der Waals surface area contributed by atoms with Crippen LogP contribution in [0.3, 0.4) is 0 Å². The smallest absolute Gasteiger partial charge is 0.351 e. The Kier molecular flexibility index (Phi) is 5.20. The minimum atomic E-state index is -4.39. The number of nitrogens with zero attached hydrogens (tertiary/aromatic N) is 1. The lowest BCUT2D eigenvalue weighted by atomic mass is 9.83. The molecule has 1 heterocycles. The monoisotopic (exact) mass is 350 g/mol. The van der Waals surface area contributed by atoms with E-state index in [0.717, 1.165) is 17.8 Å². The van der Waals surface area contributed by atoms with Gasteiger partial charge in [-0.3, -0.25) is 9.78 Å². The first-order valence-electron chi connectivity index (χ1n) is 7.91. The molecule has 0 saturated heterocycles. The van der Waals surface area contributed by atoms with Crippen molar-refractivity contribution in [3.05, 3.63) is 64.5 Å². The summed E-state index contributed by atoms with van der Waals surface area (Å²) in [5.74, 6) is -0.287. The van der Waals surface area contributed by atoms with Gasteiger partial charge in [-0.05, 0) is 37.6 Å². The molecule has 6 heteroatoms. The molecule has 0 saturated carbocycles. The Labute approximate surface area is 145 Å². The number of rotatable bonds is 4. The van der Waals surface area contributed by atoms with Crippen LogP contribution >= 0.6 is 0 Å². The van der Waals surface area contributed by atoms with Crippen LogP contribution in [0.2, 0.25) is 0 Å². The van der Waals surface area contributed by atoms with Crippen molar-refractivity contribution < 1.29 is 18.0 Å². The van der Waals surface area contributed by atoms with E-state index in [1.54, 1.807) is 39.0 Å². The van der Waals surface area contributed by atoms with Gasteiger partial charge in [-0.2, -0.15) is 13.2 Å². The first kappa shape index (κ1) is 19.0. The molecule has 0 atom stereocenters. The maximum atomic E-state index is 12.9. The van der Waals surface area contributed by atoms with Crippen LogP contribution in [0.5, 0.6) is 0 Å². The van der Waals surface area contributed by atoms with Crippen LogP contribution in [-0.2, 0) is 11.6 Å². The summed E-state index contributed by atoms with van der Waals surface area (Å²) in [6.07, 6.45) is -4.39. The van der Waals surface area contributed by atoms with Gasteiger partial charge in [0.2, 0.25) is 0 Å². The van der Waals surface area contributed by atoms with Gasteiger partial charge in [-0.15, -0.1) is 0 Å². The summed E-state index contributed by atoms with van der Waals surface area (Å²) in [6, 6.07) is 8.64. The molecular weight excluding hydrogens is 329 g/mol. The SMILES string of the molecule is Cc1ccc(C(=O)NCC(C)(C)c2cccc(C(F)(F)F)c2)c(C)n1. The van der Waals surface area contributed by atoms with Crippen molar-refractivity contribution in [2.75, 3.05) is 6.54 Å². The van der Waals surface area contributed by atoms with Crippen LogP contribution in [0.15, 0.2) is 36.4 Å². The number of nitrogens with one attached hydrogen (secondary N) is 1. The molecule has 1 aromatic heterocycles. The molecule has 1 aromatic carbocycles. The molecular formula is C19H21F3N2O. The van der Waals surface area contributed by atoms with Gasteiger partial charge in [0.25, 0.3) is 5.91 Å². The summed E-state index contributed by atoms with van der Waals surface area (Å²) in [4.78, 5) is 16.6. The summed E-state index contributed by atoms with van der Waals surface area (Å²) < 4.78 is 38.7. The van der Waals surface area contributed by atoms with E-state index in [4.69, 9.17) is 0 Å². The van der Waals surface area contributed by atoms with Crippen molar-refractivity contribution in [3.63, 3.8) is 0 Å². The van der Waals surface area contributed by atoms with Crippen LogP contribution in [-0.4, -0.2) is 17.4 Å². The fourth-order valence-electron chi connectivity index (χ4n) is 2.54. The maximum Gasteiger partial charge on any atom is 0.416 e. The Hall–Kier alpha value is -2.37. The predicted molar refractivity (Wildman–Crippen MR) is 90.5 cm³/mol. The van der Waals surface area contributed by atoms with Gasteiger partial charge in [-0.25, -0.2) is 0 Å². The molecule has 0 unspecified atom stereocenters. The number of amides is 1. The number of benzene rings is 1. The quantitative estimate of drug-likeness (QED) is 0.887. The zero-order chi connectivity index (χ0) is 18.8. The van der Waals surface area contributed by atoms with Gasteiger partial charge < -0.3 is 5.32 Å². The van der Waals surface area contributed by atoms with E-state index in [9.17, 15) is 18.0 Å². The summed E-state index contributed by atoms with van der Waals surface area (Å²) in [5.41, 5.74) is 1.07. The highest BCUT2D eigenvalue weighted by molar-refractivity contribution is 5.95. The van der Waals surface area contributed by atoms with E-state index in [2.05, 4.69) is 10.3 Å². The summed E-state index contributed by atoms with van der Waals surface area (Å²) >= 11 is 0. The number of alkyl halides is 3. The van der Waals surface area contributed by atoms with Crippen molar-refractivity contribution in [1.82, 2.24) is 10.3 Å². The third-order valence-electron chi connectivity index (χ3n) is 4.13. The molecule has 0 radical (unpaired) electrons. The van der Waals surface area contributed by atoms with E-state index < -0.39 is 17.2 Å². The second kappa shape index (κ2) is 6.86. The number of pyridine rings is 1. The molecule has 0 aliphatic heterocycles. The van der Waals surface area contributed by atoms with Crippen molar-refractivity contribution in [2.45, 2.75) is 39.3 Å². The molecule has 0 spiro atoms. The highest BCUT2D eigenvalue weighted by Gasteiger charge is 2.32. The second-order valence-corrected chi connectivity index (χ2v) is 6.73. The fraction of sp³-hybridized carbons (Fsp3) is 0.368. The van der Waals surface area contributed by atoms with Crippen LogP contribution < -0.4 is 5.32 Å². The number of halogens is 3. The van der Waals surface area contributed by atoms with Gasteiger partial charge >= 0.3 is 6.18 Å². The van der Waals surface area contributed by atoms with E-state index in [1.165, 1.54) is 6.07 Å². The summed E-state index contributed by atoms with van der Waals surface area (Å²) in [5, 5.41) is 2.80. The topological polar surface area (TPSA) is 42.0 Å². The van der Waals surface area contributed by atoms with Crippen LogP contribution in [0.25, 0.3) is 0 Å². The standard InChI is InChI=1S/C19H21F3N2O/c1-12-8-9-16(13(2)24-12)17(25)23-11-18(3,4)14-6-5-7-15(10-14)19(20,21)22/h5-10H,11H2,1-4H3,(H,23,25). The van der Waals surface area contributed by atoms with Gasteiger partial charge in [0.1, 0.15) is 0 Å². The van der Waals surface area contributed by atoms with Gasteiger partial charge in [0, 0.05) is 17.7 Å². The molecule has 0 aliphatic carbocycles. The zero-order valence-electron chi connectivity index (χ0n) is 14.7. The molecule has 0 fully saturated rings. The lowest BCUT2D eigenvalue weighted by molar-refractivity contribution is -0.137. The van der Waals surface area contributed by atoms with Crippen molar-refractivity contribution >= 4 is 5.91 Å². The largest absolute Gasteiger partial charge is 0.416 e. The van der Waals surface area contributed by atoms with E-state index in [0.29, 0.717) is 16.8 Å². The number of carbonyl (C=O) groups excluding carboxylic acids is 1. The zero-order valence-corrected chi connectivity index (χ0v) is 14.7. The van der Waals surface area contributed by atoms with Gasteiger partial charge in [0.15, 0.2) is 0 Å². The third-order valence-corrected chi connectivity index (χ3v) is 4.13. The van der Waals surface area contributed by atoms with Gasteiger partial charge in [0.05, 0.1) is 16.8 Å². The van der Waals surface area contributed by atoms with Gasteiger partial charge in [-0.1, -0.05) is 32.0 Å². The average Bonchev–Trinajstić information content (AvgIpc) is 2.52.